The lowest BCUT2D eigenvalue weighted by Gasteiger charge is -2.25. The highest BCUT2D eigenvalue weighted by Gasteiger charge is 2.10. The lowest BCUT2D eigenvalue weighted by molar-refractivity contribution is 0.140. The molecule has 0 aliphatic heterocycles. The van der Waals surface area contributed by atoms with Gasteiger partial charge >= 0.3 is 0 Å². The van der Waals surface area contributed by atoms with Crippen molar-refractivity contribution in [3.63, 3.8) is 0 Å². The van der Waals surface area contributed by atoms with Crippen molar-refractivity contribution in [3.8, 4) is 0 Å². The maximum absolute atomic E-state index is 8.40. The first-order valence-electron chi connectivity index (χ1n) is 4.31. The lowest BCUT2D eigenvalue weighted by Crippen LogP contribution is -2.40. The lowest BCUT2D eigenvalue weighted by atomic mass is 10.3. The average Bonchev–Trinajstić information content (AvgIpc) is 2.11. The summed E-state index contributed by atoms with van der Waals surface area (Å²) in [7, 11) is 1.65. The van der Waals surface area contributed by atoms with Gasteiger partial charge in [-0.05, 0) is 13.8 Å². The summed E-state index contributed by atoms with van der Waals surface area (Å²) in [5, 5.41) is 11.3. The Hall–Kier alpha value is -0.810. The average molecular weight is 189 g/mol. The number of rotatable bonds is 6. The minimum Gasteiger partial charge on any atom is -0.409 e. The van der Waals surface area contributed by atoms with Crippen molar-refractivity contribution in [2.75, 3.05) is 26.8 Å². The zero-order valence-corrected chi connectivity index (χ0v) is 8.53. The van der Waals surface area contributed by atoms with Gasteiger partial charge in [0.25, 0.3) is 0 Å². The summed E-state index contributed by atoms with van der Waals surface area (Å²) in [5.41, 5.74) is 5.40. The predicted molar refractivity (Wildman–Crippen MR) is 52.0 cm³/mol. The zero-order valence-electron chi connectivity index (χ0n) is 8.53. The van der Waals surface area contributed by atoms with Crippen LogP contribution in [0.4, 0.5) is 0 Å². The van der Waals surface area contributed by atoms with E-state index >= 15 is 0 Å². The molecule has 0 aromatic rings. The fourth-order valence-electron chi connectivity index (χ4n) is 0.968. The van der Waals surface area contributed by atoms with E-state index in [1.54, 1.807) is 7.11 Å². The predicted octanol–water partition coefficient (Wildman–Crippen LogP) is 0.0896. The van der Waals surface area contributed by atoms with Crippen LogP contribution in [0.5, 0.6) is 0 Å². The molecular weight excluding hydrogens is 170 g/mol. The molecule has 5 heteroatoms. The molecule has 0 saturated heterocycles. The number of nitrogens with two attached hydrogens (primary N) is 1. The Labute approximate surface area is 79.2 Å². The number of hydrogen-bond donors (Lipinski definition) is 2. The Bertz CT molecular complexity index is 159. The van der Waals surface area contributed by atoms with Gasteiger partial charge in [-0.25, -0.2) is 0 Å². The maximum Gasteiger partial charge on any atom is 0.153 e. The van der Waals surface area contributed by atoms with E-state index in [2.05, 4.69) is 23.9 Å². The minimum atomic E-state index is 0.227. The van der Waals surface area contributed by atoms with Crippen molar-refractivity contribution in [2.24, 2.45) is 10.9 Å². The third-order valence-electron chi connectivity index (χ3n) is 1.81. The largest absolute Gasteiger partial charge is 0.409 e. The van der Waals surface area contributed by atoms with Crippen LogP contribution in [-0.2, 0) is 4.74 Å². The first kappa shape index (κ1) is 12.2. The van der Waals surface area contributed by atoms with Crippen LogP contribution in [0.1, 0.15) is 13.8 Å². The van der Waals surface area contributed by atoms with Crippen LogP contribution in [-0.4, -0.2) is 48.8 Å². The monoisotopic (exact) mass is 189 g/mol. The Kier molecular flexibility index (Phi) is 6.26. The van der Waals surface area contributed by atoms with E-state index in [0.29, 0.717) is 19.2 Å². The van der Waals surface area contributed by atoms with Crippen molar-refractivity contribution in [3.05, 3.63) is 0 Å². The molecule has 0 bridgehead atoms. The van der Waals surface area contributed by atoms with Gasteiger partial charge in [0.2, 0.25) is 0 Å². The zero-order chi connectivity index (χ0) is 10.3. The van der Waals surface area contributed by atoms with E-state index in [4.69, 9.17) is 15.7 Å². The summed E-state index contributed by atoms with van der Waals surface area (Å²) in [6.45, 7) is 6.01. The third kappa shape index (κ3) is 5.43. The smallest absolute Gasteiger partial charge is 0.153 e. The Morgan fingerprint density at radius 3 is 2.62 bits per heavy atom. The molecule has 0 radical (unpaired) electrons. The maximum atomic E-state index is 8.40. The van der Waals surface area contributed by atoms with Gasteiger partial charge in [-0.2, -0.15) is 0 Å². The molecule has 0 spiro atoms. The molecule has 5 nitrogen and oxygen atoms in total. The quantitative estimate of drug-likeness (QED) is 0.269. The van der Waals surface area contributed by atoms with Gasteiger partial charge in [0.05, 0.1) is 13.2 Å². The summed E-state index contributed by atoms with van der Waals surface area (Å²) >= 11 is 0. The second-order valence-corrected chi connectivity index (χ2v) is 3.15. The van der Waals surface area contributed by atoms with E-state index in [-0.39, 0.29) is 5.84 Å². The number of amidine groups is 1. The van der Waals surface area contributed by atoms with Gasteiger partial charge in [0.1, 0.15) is 0 Å². The second kappa shape index (κ2) is 6.68. The van der Waals surface area contributed by atoms with Crippen LogP contribution < -0.4 is 5.73 Å². The summed E-state index contributed by atoms with van der Waals surface area (Å²) in [6, 6.07) is 0.357. The first-order chi connectivity index (χ1) is 6.11. The van der Waals surface area contributed by atoms with Crippen LogP contribution in [0.25, 0.3) is 0 Å². The molecule has 0 aromatic carbocycles. The molecule has 0 atom stereocenters. The van der Waals surface area contributed by atoms with Gasteiger partial charge in [-0.3, -0.25) is 4.90 Å². The Balaban J connectivity index is 3.94. The SMILES string of the molecule is COCCN(CC(N)=NO)C(C)C. The standard InChI is InChI=1S/C8H19N3O2/c1-7(2)11(4-5-13-3)6-8(9)10-12/h7,12H,4-6H2,1-3H3,(H2,9,10). The van der Waals surface area contributed by atoms with E-state index in [0.717, 1.165) is 6.54 Å². The highest BCUT2D eigenvalue weighted by atomic mass is 16.5. The van der Waals surface area contributed by atoms with Crippen molar-refractivity contribution < 1.29 is 9.94 Å². The van der Waals surface area contributed by atoms with Gasteiger partial charge in [0.15, 0.2) is 5.84 Å². The fraction of sp³-hybridized carbons (Fsp3) is 0.875. The van der Waals surface area contributed by atoms with E-state index in [1.807, 2.05) is 0 Å². The van der Waals surface area contributed by atoms with Gasteiger partial charge in [-0.15, -0.1) is 0 Å². The molecule has 0 fully saturated rings. The van der Waals surface area contributed by atoms with E-state index < -0.39 is 0 Å². The Morgan fingerprint density at radius 2 is 2.23 bits per heavy atom. The van der Waals surface area contributed by atoms with Crippen LogP contribution in [0, 0.1) is 0 Å². The number of ether oxygens (including phenoxy) is 1. The molecule has 3 N–H and O–H groups in total. The highest BCUT2D eigenvalue weighted by Crippen LogP contribution is 1.96. The molecule has 0 aliphatic rings. The van der Waals surface area contributed by atoms with Crippen LogP contribution >= 0.6 is 0 Å². The van der Waals surface area contributed by atoms with Crippen molar-refractivity contribution in [1.29, 1.82) is 0 Å². The molecule has 0 heterocycles. The molecule has 0 rings (SSSR count). The molecule has 13 heavy (non-hydrogen) atoms. The molecule has 78 valence electrons. The number of methoxy groups -OCH3 is 1. The van der Waals surface area contributed by atoms with E-state index in [9.17, 15) is 0 Å². The van der Waals surface area contributed by atoms with E-state index in [1.165, 1.54) is 0 Å². The summed E-state index contributed by atoms with van der Waals surface area (Å²) < 4.78 is 4.95. The van der Waals surface area contributed by atoms with Gasteiger partial charge < -0.3 is 15.7 Å². The van der Waals surface area contributed by atoms with Crippen molar-refractivity contribution in [1.82, 2.24) is 4.90 Å². The third-order valence-corrected chi connectivity index (χ3v) is 1.81. The molecule has 0 aromatic heterocycles. The number of nitrogens with zero attached hydrogens (tertiary/aromatic N) is 2. The molecule has 0 unspecified atom stereocenters. The fourth-order valence-corrected chi connectivity index (χ4v) is 0.968. The first-order valence-corrected chi connectivity index (χ1v) is 4.31. The second-order valence-electron chi connectivity index (χ2n) is 3.15. The van der Waals surface area contributed by atoms with Crippen molar-refractivity contribution >= 4 is 5.84 Å². The van der Waals surface area contributed by atoms with Crippen LogP contribution in [0.2, 0.25) is 0 Å². The van der Waals surface area contributed by atoms with Crippen molar-refractivity contribution in [2.45, 2.75) is 19.9 Å². The summed E-state index contributed by atoms with van der Waals surface area (Å²) in [4.78, 5) is 2.07. The normalized spacial score (nSPS) is 12.8. The minimum absolute atomic E-state index is 0.227. The van der Waals surface area contributed by atoms with Crippen LogP contribution in [0.3, 0.4) is 0 Å². The van der Waals surface area contributed by atoms with Crippen LogP contribution in [0.15, 0.2) is 5.16 Å². The summed E-state index contributed by atoms with van der Waals surface area (Å²) in [5.74, 6) is 0.227. The molecule has 0 amide bonds. The molecule has 0 saturated carbocycles. The van der Waals surface area contributed by atoms with Gasteiger partial charge in [0, 0.05) is 19.7 Å². The summed E-state index contributed by atoms with van der Waals surface area (Å²) in [6.07, 6.45) is 0. The Morgan fingerprint density at radius 1 is 1.62 bits per heavy atom. The molecule has 0 aliphatic carbocycles. The highest BCUT2D eigenvalue weighted by molar-refractivity contribution is 5.81. The number of oxime groups is 1. The van der Waals surface area contributed by atoms with Gasteiger partial charge in [-0.1, -0.05) is 5.16 Å². The molecular formula is C8H19N3O2. The topological polar surface area (TPSA) is 71.1 Å². The number of hydrogen-bond acceptors (Lipinski definition) is 4.